The Morgan fingerprint density at radius 1 is 1.25 bits per heavy atom. The molecule has 0 bridgehead atoms. The molecule has 6 nitrogen and oxygen atoms in total. The largest absolute Gasteiger partial charge is 0.335 e. The van der Waals surface area contributed by atoms with Crippen LogP contribution in [0.4, 0.5) is 10.5 Å². The third kappa shape index (κ3) is 6.21. The molecule has 0 radical (unpaired) electrons. The van der Waals surface area contributed by atoms with Crippen LogP contribution in [0.3, 0.4) is 0 Å². The van der Waals surface area contributed by atoms with Crippen LogP contribution < -0.4 is 15.4 Å². The van der Waals surface area contributed by atoms with Crippen LogP contribution in [0.2, 0.25) is 0 Å². The lowest BCUT2D eigenvalue weighted by atomic mass is 10.1. The summed E-state index contributed by atoms with van der Waals surface area (Å²) in [6.45, 7) is 2.17. The van der Waals surface area contributed by atoms with Crippen LogP contribution in [0.1, 0.15) is 18.1 Å². The number of anilines is 1. The number of rotatable bonds is 7. The Balaban J connectivity index is 1.87. The molecule has 1 aromatic heterocycles. The van der Waals surface area contributed by atoms with Crippen molar-refractivity contribution in [1.29, 1.82) is 0 Å². The van der Waals surface area contributed by atoms with Crippen molar-refractivity contribution in [3.05, 3.63) is 52.2 Å². The van der Waals surface area contributed by atoms with Crippen molar-refractivity contribution in [1.82, 2.24) is 10.6 Å². The molecule has 0 aliphatic rings. The van der Waals surface area contributed by atoms with Crippen molar-refractivity contribution >= 4 is 33.1 Å². The van der Waals surface area contributed by atoms with Crippen LogP contribution in [0.25, 0.3) is 0 Å². The number of nitrogens with one attached hydrogen (secondary N) is 3. The standard InChI is InChI=1S/C16H21N3O3S2/c1-12(9-13-7-8-23-11-13)18-16(20)17-10-14-5-3-4-6-15(14)19-24(2,21)22/h3-8,11-12,19H,9-10H2,1-2H3,(H2,17,18,20)/t12-/m1/s1. The van der Waals surface area contributed by atoms with Crippen molar-refractivity contribution in [2.45, 2.75) is 25.9 Å². The Labute approximate surface area is 146 Å². The van der Waals surface area contributed by atoms with Gasteiger partial charge in [-0.25, -0.2) is 13.2 Å². The van der Waals surface area contributed by atoms with E-state index in [9.17, 15) is 13.2 Å². The van der Waals surface area contributed by atoms with Crippen molar-refractivity contribution in [3.63, 3.8) is 0 Å². The third-order valence-corrected chi connectivity index (χ3v) is 4.57. The first-order valence-corrected chi connectivity index (χ1v) is 10.3. The van der Waals surface area contributed by atoms with Crippen molar-refractivity contribution in [2.24, 2.45) is 0 Å². The van der Waals surface area contributed by atoms with Gasteiger partial charge in [0.15, 0.2) is 0 Å². The molecule has 24 heavy (non-hydrogen) atoms. The van der Waals surface area contributed by atoms with Gasteiger partial charge in [0.2, 0.25) is 10.0 Å². The Morgan fingerprint density at radius 3 is 2.67 bits per heavy atom. The van der Waals surface area contributed by atoms with E-state index >= 15 is 0 Å². The number of amides is 2. The molecule has 2 aromatic rings. The van der Waals surface area contributed by atoms with Gasteiger partial charge in [-0.3, -0.25) is 4.72 Å². The molecule has 3 N–H and O–H groups in total. The highest BCUT2D eigenvalue weighted by atomic mass is 32.2. The number of urea groups is 1. The highest BCUT2D eigenvalue weighted by molar-refractivity contribution is 7.92. The first kappa shape index (κ1) is 18.3. The van der Waals surface area contributed by atoms with Gasteiger partial charge in [0.25, 0.3) is 0 Å². The Hall–Kier alpha value is -2.06. The number of thiophene rings is 1. The SMILES string of the molecule is C[C@H](Cc1ccsc1)NC(=O)NCc1ccccc1NS(C)(=O)=O. The summed E-state index contributed by atoms with van der Waals surface area (Å²) in [5.74, 6) is 0. The second-order valence-corrected chi connectivity index (χ2v) is 8.12. The van der Waals surface area contributed by atoms with Crippen LogP contribution in [0.5, 0.6) is 0 Å². The van der Waals surface area contributed by atoms with Gasteiger partial charge in [0.05, 0.1) is 11.9 Å². The molecule has 0 aliphatic heterocycles. The van der Waals surface area contributed by atoms with Gasteiger partial charge in [-0.1, -0.05) is 18.2 Å². The number of para-hydroxylation sites is 1. The lowest BCUT2D eigenvalue weighted by molar-refractivity contribution is 0.237. The summed E-state index contributed by atoms with van der Waals surface area (Å²) >= 11 is 1.63. The minimum Gasteiger partial charge on any atom is -0.335 e. The van der Waals surface area contributed by atoms with Gasteiger partial charge in [0.1, 0.15) is 0 Å². The van der Waals surface area contributed by atoms with E-state index in [1.54, 1.807) is 35.6 Å². The lowest BCUT2D eigenvalue weighted by Gasteiger charge is -2.15. The minimum atomic E-state index is -3.36. The van der Waals surface area contributed by atoms with Crippen LogP contribution in [-0.2, 0) is 23.0 Å². The summed E-state index contributed by atoms with van der Waals surface area (Å²) in [5, 5.41) is 9.69. The van der Waals surface area contributed by atoms with Crippen molar-refractivity contribution < 1.29 is 13.2 Å². The minimum absolute atomic E-state index is 0.00369. The quantitative estimate of drug-likeness (QED) is 0.703. The Morgan fingerprint density at radius 2 is 2.00 bits per heavy atom. The van der Waals surface area contributed by atoms with E-state index in [1.807, 2.05) is 18.4 Å². The molecule has 1 heterocycles. The normalized spacial score (nSPS) is 12.4. The van der Waals surface area contributed by atoms with E-state index in [1.165, 1.54) is 5.56 Å². The fourth-order valence-corrected chi connectivity index (χ4v) is 3.52. The van der Waals surface area contributed by atoms with E-state index in [4.69, 9.17) is 0 Å². The maximum Gasteiger partial charge on any atom is 0.315 e. The molecule has 1 atom stereocenters. The zero-order chi connectivity index (χ0) is 17.6. The van der Waals surface area contributed by atoms with Crippen LogP contribution in [-0.4, -0.2) is 26.7 Å². The van der Waals surface area contributed by atoms with Crippen LogP contribution in [0, 0.1) is 0 Å². The van der Waals surface area contributed by atoms with E-state index in [0.717, 1.165) is 12.7 Å². The second-order valence-electron chi connectivity index (χ2n) is 5.60. The number of carbonyl (C=O) groups is 1. The first-order valence-electron chi connectivity index (χ1n) is 7.44. The third-order valence-electron chi connectivity index (χ3n) is 3.25. The zero-order valence-corrected chi connectivity index (χ0v) is 15.2. The van der Waals surface area contributed by atoms with E-state index in [0.29, 0.717) is 11.3 Å². The molecule has 0 unspecified atom stereocenters. The van der Waals surface area contributed by atoms with E-state index < -0.39 is 10.0 Å². The molecule has 130 valence electrons. The Kier molecular flexibility index (Phi) is 6.22. The Bertz CT molecular complexity index is 774. The predicted molar refractivity (Wildman–Crippen MR) is 97.8 cm³/mol. The molecule has 8 heteroatoms. The average molecular weight is 367 g/mol. The smallest absolute Gasteiger partial charge is 0.315 e. The summed E-state index contributed by atoms with van der Waals surface area (Å²) in [6.07, 6.45) is 1.86. The predicted octanol–water partition coefficient (Wildman–Crippen LogP) is 2.55. The second kappa shape index (κ2) is 8.16. The van der Waals surface area contributed by atoms with Crippen molar-refractivity contribution in [3.8, 4) is 0 Å². The van der Waals surface area contributed by atoms with Crippen LogP contribution in [0.15, 0.2) is 41.1 Å². The molecule has 2 amide bonds. The van der Waals surface area contributed by atoms with E-state index in [2.05, 4.69) is 20.7 Å². The average Bonchev–Trinajstić information content (AvgIpc) is 2.97. The molecule has 0 saturated carbocycles. The van der Waals surface area contributed by atoms with Gasteiger partial charge < -0.3 is 10.6 Å². The highest BCUT2D eigenvalue weighted by Crippen LogP contribution is 2.16. The van der Waals surface area contributed by atoms with Gasteiger partial charge in [0, 0.05) is 12.6 Å². The van der Waals surface area contributed by atoms with E-state index in [-0.39, 0.29) is 18.6 Å². The van der Waals surface area contributed by atoms with Crippen LogP contribution >= 0.6 is 11.3 Å². The lowest BCUT2D eigenvalue weighted by Crippen LogP contribution is -2.41. The maximum atomic E-state index is 12.0. The molecule has 0 fully saturated rings. The summed E-state index contributed by atoms with van der Waals surface area (Å²) in [4.78, 5) is 12.0. The summed E-state index contributed by atoms with van der Waals surface area (Å²) in [5.41, 5.74) is 2.35. The van der Waals surface area contributed by atoms with Gasteiger partial charge in [-0.15, -0.1) is 0 Å². The van der Waals surface area contributed by atoms with Gasteiger partial charge >= 0.3 is 6.03 Å². The maximum absolute atomic E-state index is 12.0. The van der Waals surface area contributed by atoms with Crippen molar-refractivity contribution in [2.75, 3.05) is 11.0 Å². The number of hydrogen-bond acceptors (Lipinski definition) is 4. The molecular weight excluding hydrogens is 346 g/mol. The number of benzene rings is 1. The highest BCUT2D eigenvalue weighted by Gasteiger charge is 2.10. The molecular formula is C16H21N3O3S2. The number of carbonyl (C=O) groups excluding carboxylic acids is 1. The first-order chi connectivity index (χ1) is 11.3. The summed E-state index contributed by atoms with van der Waals surface area (Å²) < 4.78 is 25.2. The molecule has 1 aromatic carbocycles. The monoisotopic (exact) mass is 367 g/mol. The molecule has 0 aliphatic carbocycles. The topological polar surface area (TPSA) is 87.3 Å². The van der Waals surface area contributed by atoms with Gasteiger partial charge in [-0.2, -0.15) is 11.3 Å². The van der Waals surface area contributed by atoms with Gasteiger partial charge in [-0.05, 0) is 47.4 Å². The molecule has 2 rings (SSSR count). The molecule has 0 saturated heterocycles. The number of sulfonamides is 1. The fourth-order valence-electron chi connectivity index (χ4n) is 2.24. The molecule has 0 spiro atoms. The summed E-state index contributed by atoms with van der Waals surface area (Å²) in [6, 6.07) is 8.71. The summed E-state index contributed by atoms with van der Waals surface area (Å²) in [7, 11) is -3.36. The number of hydrogen-bond donors (Lipinski definition) is 3. The fraction of sp³-hybridized carbons (Fsp3) is 0.312. The zero-order valence-electron chi connectivity index (χ0n) is 13.6.